The van der Waals surface area contributed by atoms with Gasteiger partial charge in [-0.1, -0.05) is 0 Å². The van der Waals surface area contributed by atoms with E-state index in [1.807, 2.05) is 18.2 Å². The Kier molecular flexibility index (Phi) is 3.43. The first-order valence-corrected chi connectivity index (χ1v) is 7.96. The van der Waals surface area contributed by atoms with Crippen LogP contribution in [0.2, 0.25) is 0 Å². The van der Waals surface area contributed by atoms with Gasteiger partial charge in [0.25, 0.3) is 0 Å². The number of benzene rings is 1. The zero-order chi connectivity index (χ0) is 14.2. The summed E-state index contributed by atoms with van der Waals surface area (Å²) in [4.78, 5) is 14.9. The van der Waals surface area contributed by atoms with Gasteiger partial charge in [0.1, 0.15) is 5.75 Å². The van der Waals surface area contributed by atoms with Gasteiger partial charge in [-0.3, -0.25) is 9.69 Å². The van der Waals surface area contributed by atoms with E-state index in [0.29, 0.717) is 18.7 Å². The van der Waals surface area contributed by atoms with E-state index >= 15 is 0 Å². The molecule has 1 saturated carbocycles. The zero-order valence-corrected chi connectivity index (χ0v) is 12.2. The summed E-state index contributed by atoms with van der Waals surface area (Å²) in [6.45, 7) is 2.89. The molecular weight excluding hydrogens is 266 g/mol. The maximum atomic E-state index is 12.6. The average Bonchev–Trinajstić information content (AvgIpc) is 3.15. The number of ether oxygens (including phenoxy) is 2. The molecule has 1 saturated heterocycles. The summed E-state index contributed by atoms with van der Waals surface area (Å²) < 4.78 is 11.3. The Labute approximate surface area is 125 Å². The highest BCUT2D eigenvalue weighted by atomic mass is 16.5. The molecule has 0 bridgehead atoms. The molecule has 2 fully saturated rings. The van der Waals surface area contributed by atoms with Gasteiger partial charge in [0.2, 0.25) is 0 Å². The Morgan fingerprint density at radius 1 is 1.29 bits per heavy atom. The molecule has 4 heteroatoms. The second kappa shape index (κ2) is 5.43. The predicted molar refractivity (Wildman–Crippen MR) is 78.9 cm³/mol. The van der Waals surface area contributed by atoms with Crippen LogP contribution in [0.15, 0.2) is 18.2 Å². The van der Waals surface area contributed by atoms with Crippen LogP contribution in [0.3, 0.4) is 0 Å². The van der Waals surface area contributed by atoms with Gasteiger partial charge in [0, 0.05) is 24.6 Å². The Bertz CT molecular complexity index is 557. The molecule has 112 valence electrons. The first-order valence-electron chi connectivity index (χ1n) is 7.96. The number of rotatable bonds is 3. The SMILES string of the molecule is O=C(CN1CCOC2CCCC21)c1ccc2c(c1)CCO2. The number of Topliss-reactive ketones (excluding diaryl/α,β-unsaturated/α-hetero) is 1. The van der Waals surface area contributed by atoms with Gasteiger partial charge in [-0.05, 0) is 43.0 Å². The van der Waals surface area contributed by atoms with Gasteiger partial charge in [-0.2, -0.15) is 0 Å². The van der Waals surface area contributed by atoms with E-state index < -0.39 is 0 Å². The minimum Gasteiger partial charge on any atom is -0.493 e. The molecule has 1 aromatic rings. The van der Waals surface area contributed by atoms with Gasteiger partial charge >= 0.3 is 0 Å². The van der Waals surface area contributed by atoms with Crippen molar-refractivity contribution in [1.29, 1.82) is 0 Å². The summed E-state index contributed by atoms with van der Waals surface area (Å²) in [5.74, 6) is 1.16. The molecule has 2 atom stereocenters. The summed E-state index contributed by atoms with van der Waals surface area (Å²) >= 11 is 0. The number of hydrogen-bond acceptors (Lipinski definition) is 4. The molecule has 0 radical (unpaired) electrons. The van der Waals surface area contributed by atoms with Crippen LogP contribution in [0.4, 0.5) is 0 Å². The normalized spacial score (nSPS) is 28.0. The van der Waals surface area contributed by atoms with E-state index in [-0.39, 0.29) is 5.78 Å². The maximum absolute atomic E-state index is 12.6. The Morgan fingerprint density at radius 2 is 2.24 bits per heavy atom. The van der Waals surface area contributed by atoms with Crippen molar-refractivity contribution in [3.05, 3.63) is 29.3 Å². The molecule has 0 amide bonds. The molecule has 0 N–H and O–H groups in total. The predicted octanol–water partition coefficient (Wildman–Crippen LogP) is 2.06. The zero-order valence-electron chi connectivity index (χ0n) is 12.2. The Hall–Kier alpha value is -1.39. The highest BCUT2D eigenvalue weighted by Crippen LogP contribution is 2.30. The quantitative estimate of drug-likeness (QED) is 0.798. The summed E-state index contributed by atoms with van der Waals surface area (Å²) in [6.07, 6.45) is 4.79. The van der Waals surface area contributed by atoms with E-state index in [4.69, 9.17) is 9.47 Å². The van der Waals surface area contributed by atoms with E-state index in [0.717, 1.165) is 50.3 Å². The van der Waals surface area contributed by atoms with Gasteiger partial charge in [-0.15, -0.1) is 0 Å². The second-order valence-electron chi connectivity index (χ2n) is 6.22. The van der Waals surface area contributed by atoms with Crippen molar-refractivity contribution >= 4 is 5.78 Å². The van der Waals surface area contributed by atoms with Gasteiger partial charge in [0.15, 0.2) is 5.78 Å². The van der Waals surface area contributed by atoms with Gasteiger partial charge in [-0.25, -0.2) is 0 Å². The molecule has 4 nitrogen and oxygen atoms in total. The Balaban J connectivity index is 1.47. The van der Waals surface area contributed by atoms with Crippen molar-refractivity contribution in [3.63, 3.8) is 0 Å². The topological polar surface area (TPSA) is 38.8 Å². The highest BCUT2D eigenvalue weighted by Gasteiger charge is 2.36. The lowest BCUT2D eigenvalue weighted by Crippen LogP contribution is -2.50. The molecule has 21 heavy (non-hydrogen) atoms. The summed E-state index contributed by atoms with van der Waals surface area (Å²) in [5, 5.41) is 0. The van der Waals surface area contributed by atoms with E-state index in [1.54, 1.807) is 0 Å². The van der Waals surface area contributed by atoms with Crippen LogP contribution in [0, 0.1) is 0 Å². The molecule has 2 aliphatic heterocycles. The lowest BCUT2D eigenvalue weighted by Gasteiger charge is -2.37. The minimum absolute atomic E-state index is 0.220. The van der Waals surface area contributed by atoms with Crippen molar-refractivity contribution in [3.8, 4) is 5.75 Å². The van der Waals surface area contributed by atoms with Crippen LogP contribution in [0.25, 0.3) is 0 Å². The van der Waals surface area contributed by atoms with Crippen molar-refractivity contribution < 1.29 is 14.3 Å². The fourth-order valence-electron chi connectivity index (χ4n) is 3.84. The molecule has 1 aromatic carbocycles. The molecular formula is C17H21NO3. The first-order chi connectivity index (χ1) is 10.3. The standard InChI is InChI=1S/C17H21NO3/c19-15(12-4-5-16-13(10-12)6-8-20-16)11-18-7-9-21-17-3-1-2-14(17)18/h4-5,10,14,17H,1-3,6-9,11H2. The third kappa shape index (κ3) is 2.47. The van der Waals surface area contributed by atoms with Crippen LogP contribution in [0.1, 0.15) is 35.2 Å². The summed E-state index contributed by atoms with van der Waals surface area (Å²) in [5.41, 5.74) is 1.99. The molecule has 3 aliphatic rings. The fourth-order valence-corrected chi connectivity index (χ4v) is 3.84. The largest absolute Gasteiger partial charge is 0.493 e. The van der Waals surface area contributed by atoms with Crippen molar-refractivity contribution in [1.82, 2.24) is 4.90 Å². The maximum Gasteiger partial charge on any atom is 0.176 e. The average molecular weight is 287 g/mol. The van der Waals surface area contributed by atoms with Crippen LogP contribution < -0.4 is 4.74 Å². The van der Waals surface area contributed by atoms with Crippen molar-refractivity contribution in [2.45, 2.75) is 37.8 Å². The summed E-state index contributed by atoms with van der Waals surface area (Å²) in [6, 6.07) is 6.30. The summed E-state index contributed by atoms with van der Waals surface area (Å²) in [7, 11) is 0. The monoisotopic (exact) mass is 287 g/mol. The van der Waals surface area contributed by atoms with Crippen LogP contribution in [-0.2, 0) is 11.2 Å². The molecule has 2 unspecified atom stereocenters. The second-order valence-corrected chi connectivity index (χ2v) is 6.22. The Morgan fingerprint density at radius 3 is 3.19 bits per heavy atom. The van der Waals surface area contributed by atoms with E-state index in [2.05, 4.69) is 4.90 Å². The molecule has 1 aliphatic carbocycles. The number of ketones is 1. The molecule has 2 heterocycles. The lowest BCUT2D eigenvalue weighted by atomic mass is 10.0. The fraction of sp³-hybridized carbons (Fsp3) is 0.588. The van der Waals surface area contributed by atoms with Crippen LogP contribution in [-0.4, -0.2) is 49.1 Å². The van der Waals surface area contributed by atoms with E-state index in [1.165, 1.54) is 12.0 Å². The number of fused-ring (bicyclic) bond motifs is 2. The van der Waals surface area contributed by atoms with Crippen molar-refractivity contribution in [2.24, 2.45) is 0 Å². The van der Waals surface area contributed by atoms with Gasteiger partial charge < -0.3 is 9.47 Å². The van der Waals surface area contributed by atoms with Crippen LogP contribution in [0.5, 0.6) is 5.75 Å². The van der Waals surface area contributed by atoms with Crippen molar-refractivity contribution in [2.75, 3.05) is 26.3 Å². The number of hydrogen-bond donors (Lipinski definition) is 0. The third-order valence-electron chi connectivity index (χ3n) is 4.96. The smallest absolute Gasteiger partial charge is 0.176 e. The molecule has 0 aromatic heterocycles. The highest BCUT2D eigenvalue weighted by molar-refractivity contribution is 5.98. The number of carbonyl (C=O) groups excluding carboxylic acids is 1. The molecule has 4 rings (SSSR count). The van der Waals surface area contributed by atoms with E-state index in [9.17, 15) is 4.79 Å². The number of nitrogens with zero attached hydrogens (tertiary/aromatic N) is 1. The number of carbonyl (C=O) groups is 1. The molecule has 0 spiro atoms. The third-order valence-corrected chi connectivity index (χ3v) is 4.96. The lowest BCUT2D eigenvalue weighted by molar-refractivity contribution is -0.0522. The number of morpholine rings is 1. The minimum atomic E-state index is 0.220. The van der Waals surface area contributed by atoms with Crippen LogP contribution >= 0.6 is 0 Å². The van der Waals surface area contributed by atoms with Gasteiger partial charge in [0.05, 0.1) is 25.9 Å². The first kappa shape index (κ1) is 13.3.